The van der Waals surface area contributed by atoms with Crippen LogP contribution in [0.4, 0.5) is 11.9 Å². The molecule has 0 fully saturated rings. The average Bonchev–Trinajstić information content (AvgIpc) is 2.29. The highest BCUT2D eigenvalue weighted by Crippen LogP contribution is 2.13. The van der Waals surface area contributed by atoms with Crippen molar-refractivity contribution in [3.05, 3.63) is 41.2 Å². The van der Waals surface area contributed by atoms with Crippen LogP contribution in [-0.4, -0.2) is 22.0 Å². The van der Waals surface area contributed by atoms with E-state index in [4.69, 9.17) is 17.3 Å². The van der Waals surface area contributed by atoms with Crippen LogP contribution in [0.2, 0.25) is 5.28 Å². The molecule has 6 heteroatoms. The molecule has 0 saturated carbocycles. The summed E-state index contributed by atoms with van der Waals surface area (Å²) in [5.74, 6) is 0.589. The molecule has 0 aliphatic heterocycles. The van der Waals surface area contributed by atoms with Crippen molar-refractivity contribution in [1.82, 2.24) is 15.0 Å². The van der Waals surface area contributed by atoms with Gasteiger partial charge in [0.1, 0.15) is 0 Å². The van der Waals surface area contributed by atoms with Gasteiger partial charge in [-0.15, -0.1) is 0 Å². The highest BCUT2D eigenvalue weighted by atomic mass is 35.5. The zero-order valence-corrected chi connectivity index (χ0v) is 10.1. The molecule has 0 saturated heterocycles. The highest BCUT2D eigenvalue weighted by molar-refractivity contribution is 6.28. The first-order valence-corrected chi connectivity index (χ1v) is 5.45. The summed E-state index contributed by atoms with van der Waals surface area (Å²) in [7, 11) is 1.87. The highest BCUT2D eigenvalue weighted by Gasteiger charge is 2.08. The Balaban J connectivity index is 2.17. The molecule has 88 valence electrons. The van der Waals surface area contributed by atoms with E-state index in [2.05, 4.69) is 15.0 Å². The summed E-state index contributed by atoms with van der Waals surface area (Å²) < 4.78 is 0. The topological polar surface area (TPSA) is 67.9 Å². The lowest BCUT2D eigenvalue weighted by molar-refractivity contribution is 0.856. The lowest BCUT2D eigenvalue weighted by atomic mass is 10.2. The van der Waals surface area contributed by atoms with Crippen molar-refractivity contribution >= 4 is 23.5 Å². The Hall–Kier alpha value is -1.88. The van der Waals surface area contributed by atoms with Gasteiger partial charge >= 0.3 is 0 Å². The van der Waals surface area contributed by atoms with E-state index in [0.29, 0.717) is 12.5 Å². The summed E-state index contributed by atoms with van der Waals surface area (Å²) in [6.07, 6.45) is 0. The molecule has 0 amide bonds. The molecule has 2 rings (SSSR count). The van der Waals surface area contributed by atoms with Crippen molar-refractivity contribution in [2.24, 2.45) is 0 Å². The fourth-order valence-corrected chi connectivity index (χ4v) is 1.62. The molecule has 0 unspecified atom stereocenters. The number of nitrogen functional groups attached to an aromatic ring is 1. The minimum atomic E-state index is 0.104. The van der Waals surface area contributed by atoms with Crippen molar-refractivity contribution in [3.63, 3.8) is 0 Å². The van der Waals surface area contributed by atoms with Gasteiger partial charge in [0.15, 0.2) is 0 Å². The Morgan fingerprint density at radius 1 is 1.18 bits per heavy atom. The van der Waals surface area contributed by atoms with Gasteiger partial charge in [-0.3, -0.25) is 0 Å². The molecule has 0 radical (unpaired) electrons. The standard InChI is InChI=1S/C11H12ClN5/c1-17(7-8-5-3-2-4-6-8)11-15-9(12)14-10(13)16-11/h2-6H,7H2,1H3,(H2,13,14,15,16). The number of aromatic nitrogens is 3. The molecule has 1 heterocycles. The normalized spacial score (nSPS) is 10.2. The third-order valence-corrected chi connectivity index (χ3v) is 2.39. The van der Waals surface area contributed by atoms with Crippen molar-refractivity contribution in [1.29, 1.82) is 0 Å². The molecule has 0 aliphatic carbocycles. The molecule has 0 spiro atoms. The minimum Gasteiger partial charge on any atom is -0.368 e. The number of nitrogens with zero attached hydrogens (tertiary/aromatic N) is 4. The zero-order chi connectivity index (χ0) is 12.3. The molecular formula is C11H12ClN5. The third-order valence-electron chi connectivity index (χ3n) is 2.22. The fourth-order valence-electron chi connectivity index (χ4n) is 1.45. The Bertz CT molecular complexity index is 482. The summed E-state index contributed by atoms with van der Waals surface area (Å²) in [6, 6.07) is 10.0. The maximum atomic E-state index is 5.73. The molecule has 0 aliphatic rings. The van der Waals surface area contributed by atoms with Crippen LogP contribution in [-0.2, 0) is 6.54 Å². The van der Waals surface area contributed by atoms with Crippen LogP contribution in [0.5, 0.6) is 0 Å². The van der Waals surface area contributed by atoms with E-state index >= 15 is 0 Å². The second kappa shape index (κ2) is 4.97. The summed E-state index contributed by atoms with van der Waals surface area (Å²) in [5.41, 5.74) is 6.67. The van der Waals surface area contributed by atoms with Gasteiger partial charge in [0.05, 0.1) is 0 Å². The quantitative estimate of drug-likeness (QED) is 0.898. The number of hydrogen-bond acceptors (Lipinski definition) is 5. The molecule has 5 nitrogen and oxygen atoms in total. The number of hydrogen-bond donors (Lipinski definition) is 1. The largest absolute Gasteiger partial charge is 0.368 e. The van der Waals surface area contributed by atoms with E-state index in [9.17, 15) is 0 Å². The minimum absolute atomic E-state index is 0.104. The zero-order valence-electron chi connectivity index (χ0n) is 9.34. The second-order valence-electron chi connectivity index (χ2n) is 3.60. The Morgan fingerprint density at radius 3 is 2.53 bits per heavy atom. The van der Waals surface area contributed by atoms with Crippen LogP contribution in [0.25, 0.3) is 0 Å². The van der Waals surface area contributed by atoms with Gasteiger partial charge < -0.3 is 10.6 Å². The monoisotopic (exact) mass is 249 g/mol. The van der Waals surface area contributed by atoms with Crippen LogP contribution >= 0.6 is 11.6 Å². The molecule has 0 bridgehead atoms. The van der Waals surface area contributed by atoms with E-state index < -0.39 is 0 Å². The van der Waals surface area contributed by atoms with E-state index in [0.717, 1.165) is 5.56 Å². The van der Waals surface area contributed by atoms with Crippen LogP contribution in [0, 0.1) is 0 Å². The predicted molar refractivity (Wildman–Crippen MR) is 67.8 cm³/mol. The Morgan fingerprint density at radius 2 is 1.88 bits per heavy atom. The Kier molecular flexibility index (Phi) is 3.39. The SMILES string of the molecule is CN(Cc1ccccc1)c1nc(N)nc(Cl)n1. The fraction of sp³-hybridized carbons (Fsp3) is 0.182. The van der Waals surface area contributed by atoms with Gasteiger partial charge in [0.25, 0.3) is 0 Å². The number of halogens is 1. The summed E-state index contributed by atoms with van der Waals surface area (Å²) in [4.78, 5) is 13.6. The van der Waals surface area contributed by atoms with Crippen LogP contribution < -0.4 is 10.6 Å². The number of nitrogens with two attached hydrogens (primary N) is 1. The predicted octanol–water partition coefficient (Wildman–Crippen LogP) is 1.74. The van der Waals surface area contributed by atoms with Gasteiger partial charge in [-0.25, -0.2) is 0 Å². The third kappa shape index (κ3) is 3.04. The van der Waals surface area contributed by atoms with Crippen LogP contribution in [0.3, 0.4) is 0 Å². The lowest BCUT2D eigenvalue weighted by Crippen LogP contribution is -2.20. The molecule has 1 aromatic heterocycles. The van der Waals surface area contributed by atoms with Gasteiger partial charge in [-0.05, 0) is 17.2 Å². The molecule has 0 atom stereocenters. The number of benzene rings is 1. The maximum Gasteiger partial charge on any atom is 0.231 e. The first-order valence-electron chi connectivity index (χ1n) is 5.07. The van der Waals surface area contributed by atoms with Crippen molar-refractivity contribution in [3.8, 4) is 0 Å². The van der Waals surface area contributed by atoms with Gasteiger partial charge in [-0.1, -0.05) is 30.3 Å². The van der Waals surface area contributed by atoms with Gasteiger partial charge in [-0.2, -0.15) is 15.0 Å². The van der Waals surface area contributed by atoms with Crippen molar-refractivity contribution < 1.29 is 0 Å². The van der Waals surface area contributed by atoms with E-state index in [1.165, 1.54) is 0 Å². The van der Waals surface area contributed by atoms with Gasteiger partial charge in [0, 0.05) is 13.6 Å². The molecular weight excluding hydrogens is 238 g/mol. The second-order valence-corrected chi connectivity index (χ2v) is 3.94. The summed E-state index contributed by atoms with van der Waals surface area (Å²) >= 11 is 5.73. The van der Waals surface area contributed by atoms with Crippen LogP contribution in [0.15, 0.2) is 30.3 Å². The summed E-state index contributed by atoms with van der Waals surface area (Å²) in [6.45, 7) is 0.681. The first-order chi connectivity index (χ1) is 8.15. The Labute approximate surface area is 104 Å². The van der Waals surface area contributed by atoms with Crippen molar-refractivity contribution in [2.45, 2.75) is 6.54 Å². The lowest BCUT2D eigenvalue weighted by Gasteiger charge is -2.16. The number of rotatable bonds is 3. The first kappa shape index (κ1) is 11.6. The molecule has 17 heavy (non-hydrogen) atoms. The molecule has 1 aromatic carbocycles. The van der Waals surface area contributed by atoms with E-state index in [1.807, 2.05) is 42.3 Å². The van der Waals surface area contributed by atoms with E-state index in [1.54, 1.807) is 0 Å². The smallest absolute Gasteiger partial charge is 0.231 e. The van der Waals surface area contributed by atoms with Crippen LogP contribution in [0.1, 0.15) is 5.56 Å². The van der Waals surface area contributed by atoms with Crippen molar-refractivity contribution in [2.75, 3.05) is 17.7 Å². The maximum absolute atomic E-state index is 5.73. The average molecular weight is 250 g/mol. The molecule has 2 aromatic rings. The van der Waals surface area contributed by atoms with Gasteiger partial charge in [0.2, 0.25) is 17.2 Å². The molecule has 2 N–H and O–H groups in total. The van der Waals surface area contributed by atoms with E-state index in [-0.39, 0.29) is 11.2 Å². The number of anilines is 2. The summed E-state index contributed by atoms with van der Waals surface area (Å²) in [5, 5.41) is 0.104.